The number of sulfone groups is 1. The van der Waals surface area contributed by atoms with Crippen molar-refractivity contribution < 1.29 is 68.4 Å². The van der Waals surface area contributed by atoms with Crippen molar-refractivity contribution in [1.29, 1.82) is 0 Å². The number of nitrogens with zero attached hydrogens (tertiary/aromatic N) is 1. The number of aromatic nitrogens is 1. The summed E-state index contributed by atoms with van der Waals surface area (Å²) in [5, 5.41) is 16.7. The number of carbonyl (C=O) groups is 2. The fourth-order valence-corrected chi connectivity index (χ4v) is 4.95. The summed E-state index contributed by atoms with van der Waals surface area (Å²) >= 11 is 0. The quantitative estimate of drug-likeness (QED) is 0.467. The molecule has 1 aliphatic heterocycles. The third-order valence-electron chi connectivity index (χ3n) is 5.15. The van der Waals surface area contributed by atoms with Crippen molar-refractivity contribution >= 4 is 21.8 Å². The molecule has 2 N–H and O–H groups in total. The number of benzene rings is 1. The lowest BCUT2D eigenvalue weighted by Crippen LogP contribution is -2.50. The predicted octanol–water partition coefficient (Wildman–Crippen LogP) is 4.03. The summed E-state index contributed by atoms with van der Waals surface area (Å²) in [6.07, 6.45) is -13.1. The van der Waals surface area contributed by atoms with E-state index < -0.39 is 51.0 Å². The van der Waals surface area contributed by atoms with Crippen molar-refractivity contribution in [3.05, 3.63) is 42.6 Å². The van der Waals surface area contributed by atoms with Crippen LogP contribution < -0.4 is 4.74 Å². The number of alkyl halides is 7. The van der Waals surface area contributed by atoms with Gasteiger partial charge in [0.05, 0.1) is 10.6 Å². The van der Waals surface area contributed by atoms with E-state index in [0.717, 1.165) is 18.3 Å². The van der Waals surface area contributed by atoms with Crippen LogP contribution in [0.25, 0.3) is 11.3 Å². The molecule has 1 saturated heterocycles. The maximum Gasteiger partial charge on any atom is 0.490 e. The molecule has 1 aliphatic rings. The van der Waals surface area contributed by atoms with Crippen LogP contribution in [0.4, 0.5) is 30.7 Å². The molecule has 0 bridgehead atoms. The molecule has 17 heteroatoms. The summed E-state index contributed by atoms with van der Waals surface area (Å²) in [6.45, 7) is -0.00780. The lowest BCUT2D eigenvalue weighted by molar-refractivity contribution is -0.253. The van der Waals surface area contributed by atoms with Gasteiger partial charge in [-0.05, 0) is 36.4 Å². The molecule has 0 radical (unpaired) electrons. The molecule has 210 valence electrons. The second kappa shape index (κ2) is 11.5. The molecule has 0 unspecified atom stereocenters. The molecule has 38 heavy (non-hydrogen) atoms. The Morgan fingerprint density at radius 1 is 0.974 bits per heavy atom. The summed E-state index contributed by atoms with van der Waals surface area (Å²) in [4.78, 5) is 24.4. The van der Waals surface area contributed by atoms with Crippen LogP contribution >= 0.6 is 0 Å². The van der Waals surface area contributed by atoms with Crippen LogP contribution in [0.2, 0.25) is 0 Å². The van der Waals surface area contributed by atoms with Gasteiger partial charge < -0.3 is 19.7 Å². The Labute approximate surface area is 209 Å². The van der Waals surface area contributed by atoms with Gasteiger partial charge in [-0.15, -0.1) is 0 Å². The highest BCUT2D eigenvalue weighted by molar-refractivity contribution is 7.93. The van der Waals surface area contributed by atoms with Gasteiger partial charge in [0.15, 0.2) is 14.6 Å². The number of halogens is 7. The second-order valence-corrected chi connectivity index (χ2v) is 9.85. The maximum atomic E-state index is 13.0. The van der Waals surface area contributed by atoms with E-state index in [1.807, 2.05) is 0 Å². The van der Waals surface area contributed by atoms with Crippen LogP contribution in [0.3, 0.4) is 0 Å². The Hall–Kier alpha value is -3.47. The van der Waals surface area contributed by atoms with Crippen molar-refractivity contribution in [3.8, 4) is 17.0 Å². The average Bonchev–Trinajstić information content (AvgIpc) is 2.84. The van der Waals surface area contributed by atoms with Gasteiger partial charge in [-0.25, -0.2) is 13.2 Å². The van der Waals surface area contributed by atoms with Crippen LogP contribution in [0.15, 0.2) is 47.5 Å². The summed E-state index contributed by atoms with van der Waals surface area (Å²) in [7, 11) is -4.27. The van der Waals surface area contributed by atoms with E-state index in [1.54, 1.807) is 0 Å². The molecule has 2 heterocycles. The molecular weight excluding hydrogens is 559 g/mol. The number of carboxylic acid groups (broad SMARTS) is 2. The minimum Gasteiger partial charge on any atom is -0.480 e. The van der Waals surface area contributed by atoms with Crippen LogP contribution in [0, 0.1) is 0 Å². The molecule has 1 aromatic carbocycles. The molecule has 0 atom stereocenters. The van der Waals surface area contributed by atoms with Crippen molar-refractivity contribution in [1.82, 2.24) is 4.98 Å². The molecule has 2 aromatic rings. The number of aliphatic carboxylic acids is 2. The summed E-state index contributed by atoms with van der Waals surface area (Å²) in [5.74, 6) is -4.71. The second-order valence-electron chi connectivity index (χ2n) is 7.59. The molecule has 0 aliphatic carbocycles. The van der Waals surface area contributed by atoms with Gasteiger partial charge in [-0.1, -0.05) is 0 Å². The van der Waals surface area contributed by atoms with Crippen molar-refractivity contribution in [2.75, 3.05) is 13.2 Å². The lowest BCUT2D eigenvalue weighted by atomic mass is 9.99. The Balaban J connectivity index is 0.000000638. The highest BCUT2D eigenvalue weighted by atomic mass is 32.2. The van der Waals surface area contributed by atoms with E-state index in [9.17, 15) is 49.1 Å². The smallest absolute Gasteiger partial charge is 0.480 e. The Bertz CT molecular complexity index is 1230. The summed E-state index contributed by atoms with van der Waals surface area (Å²) in [6, 6.07) is 7.17. The number of pyridine rings is 1. The van der Waals surface area contributed by atoms with Gasteiger partial charge in [0.1, 0.15) is 5.75 Å². The van der Waals surface area contributed by atoms with Gasteiger partial charge in [-0.2, -0.15) is 30.7 Å². The third-order valence-corrected chi connectivity index (χ3v) is 7.63. The first kappa shape index (κ1) is 30.8. The highest BCUT2D eigenvalue weighted by Gasteiger charge is 2.52. The fourth-order valence-electron chi connectivity index (χ4n) is 3.13. The first-order chi connectivity index (χ1) is 17.4. The molecule has 1 fully saturated rings. The van der Waals surface area contributed by atoms with Crippen LogP contribution in [-0.2, 0) is 24.2 Å². The molecule has 3 rings (SSSR count). The predicted molar refractivity (Wildman–Crippen MR) is 113 cm³/mol. The summed E-state index contributed by atoms with van der Waals surface area (Å²) < 4.78 is 115. The largest absolute Gasteiger partial charge is 0.490 e. The number of hydrogen-bond donors (Lipinski definition) is 2. The van der Waals surface area contributed by atoms with Crippen molar-refractivity contribution in [2.45, 2.75) is 41.2 Å². The molecular formula is C21H18F7NO8S. The Kier molecular flexibility index (Phi) is 9.31. The number of ether oxygens (including phenoxy) is 2. The van der Waals surface area contributed by atoms with Crippen molar-refractivity contribution in [3.63, 3.8) is 0 Å². The Morgan fingerprint density at radius 2 is 1.50 bits per heavy atom. The maximum absolute atomic E-state index is 13.0. The van der Waals surface area contributed by atoms with E-state index in [0.29, 0.717) is 5.56 Å². The fraction of sp³-hybridized carbons (Fsp3) is 0.381. The van der Waals surface area contributed by atoms with E-state index >= 15 is 0 Å². The first-order valence-corrected chi connectivity index (χ1v) is 11.7. The average molecular weight is 577 g/mol. The number of carboxylic acids is 2. The van der Waals surface area contributed by atoms with Crippen LogP contribution in [0.5, 0.6) is 5.75 Å². The minimum atomic E-state index is -5.08. The standard InChI is InChI=1S/C19H17F4NO6S.C2HF3O2/c20-16(21)19(22,23)30-13-3-1-12(2-4-13)15-6-5-14(11-24-15)31(27,28)18(17(25)26)7-9-29-10-8-18;3-2(4,5)1(6)7/h1-6,11,16H,7-10H2,(H,25,26);(H,6,7). The zero-order valence-corrected chi connectivity index (χ0v) is 19.6. The number of rotatable bonds is 7. The van der Waals surface area contributed by atoms with Gasteiger partial charge in [0.25, 0.3) is 0 Å². The lowest BCUT2D eigenvalue weighted by Gasteiger charge is -2.32. The van der Waals surface area contributed by atoms with Gasteiger partial charge in [-0.3, -0.25) is 9.78 Å². The summed E-state index contributed by atoms with van der Waals surface area (Å²) in [5.41, 5.74) is 0.623. The molecule has 0 spiro atoms. The zero-order chi connectivity index (χ0) is 28.9. The van der Waals surface area contributed by atoms with Crippen LogP contribution in [0.1, 0.15) is 12.8 Å². The van der Waals surface area contributed by atoms with Gasteiger partial charge in [0, 0.05) is 37.8 Å². The van der Waals surface area contributed by atoms with Crippen LogP contribution in [-0.4, -0.2) is 72.2 Å². The molecule has 9 nitrogen and oxygen atoms in total. The monoisotopic (exact) mass is 577 g/mol. The third kappa shape index (κ3) is 6.89. The zero-order valence-electron chi connectivity index (χ0n) is 18.8. The van der Waals surface area contributed by atoms with Gasteiger partial charge in [0.2, 0.25) is 0 Å². The number of hydrogen-bond acceptors (Lipinski definition) is 7. The van der Waals surface area contributed by atoms with E-state index in [-0.39, 0.29) is 36.6 Å². The first-order valence-electron chi connectivity index (χ1n) is 10.2. The van der Waals surface area contributed by atoms with E-state index in [4.69, 9.17) is 14.6 Å². The molecule has 0 saturated carbocycles. The normalized spacial score (nSPS) is 15.8. The molecule has 0 amide bonds. The van der Waals surface area contributed by atoms with E-state index in [1.165, 1.54) is 24.3 Å². The van der Waals surface area contributed by atoms with E-state index in [2.05, 4.69) is 9.72 Å². The Morgan fingerprint density at radius 3 is 1.89 bits per heavy atom. The SMILES string of the molecule is O=C(O)C(F)(F)F.O=C(O)C1(S(=O)(=O)c2ccc(-c3ccc(OC(F)(F)C(F)F)cc3)nc2)CCOCC1. The van der Waals surface area contributed by atoms with Gasteiger partial charge >= 0.3 is 30.6 Å². The topological polar surface area (TPSA) is 140 Å². The minimum absolute atomic E-state index is 0.00390. The van der Waals surface area contributed by atoms with Crippen molar-refractivity contribution in [2.24, 2.45) is 0 Å². The highest BCUT2D eigenvalue weighted by Crippen LogP contribution is 2.36. The molecule has 1 aromatic heterocycles.